The van der Waals surface area contributed by atoms with Crippen LogP contribution in [0.15, 0.2) is 30.3 Å². The number of rotatable bonds is 4. The molecule has 2 rings (SSSR count). The number of hydrogen-bond donors (Lipinski definition) is 0. The second kappa shape index (κ2) is 5.87. The molecule has 1 aromatic rings. The SMILES string of the molecule is CC1COCCN1CCOc1ccccc1. The molecular weight excluding hydrogens is 202 g/mol. The fourth-order valence-corrected chi connectivity index (χ4v) is 1.89. The molecule has 1 heterocycles. The first-order valence-electron chi connectivity index (χ1n) is 5.86. The number of morpholine rings is 1. The summed E-state index contributed by atoms with van der Waals surface area (Å²) in [5.74, 6) is 0.948. The summed E-state index contributed by atoms with van der Waals surface area (Å²) in [6.07, 6.45) is 0. The average molecular weight is 221 g/mol. The monoisotopic (exact) mass is 221 g/mol. The first-order chi connectivity index (χ1) is 7.86. The van der Waals surface area contributed by atoms with E-state index in [1.807, 2.05) is 30.3 Å². The predicted molar refractivity (Wildman–Crippen MR) is 63.8 cm³/mol. The Hall–Kier alpha value is -1.06. The van der Waals surface area contributed by atoms with Crippen molar-refractivity contribution < 1.29 is 9.47 Å². The van der Waals surface area contributed by atoms with Crippen molar-refractivity contribution in [3.05, 3.63) is 30.3 Å². The fourth-order valence-electron chi connectivity index (χ4n) is 1.89. The van der Waals surface area contributed by atoms with Crippen LogP contribution in [0, 0.1) is 0 Å². The van der Waals surface area contributed by atoms with Crippen molar-refractivity contribution in [3.63, 3.8) is 0 Å². The van der Waals surface area contributed by atoms with Crippen molar-refractivity contribution in [1.82, 2.24) is 4.90 Å². The molecule has 3 nitrogen and oxygen atoms in total. The van der Waals surface area contributed by atoms with Crippen LogP contribution in [0.25, 0.3) is 0 Å². The van der Waals surface area contributed by atoms with E-state index in [0.717, 1.165) is 38.7 Å². The lowest BCUT2D eigenvalue weighted by Gasteiger charge is -2.32. The van der Waals surface area contributed by atoms with Crippen LogP contribution in [-0.2, 0) is 4.74 Å². The first kappa shape index (κ1) is 11.4. The molecule has 1 fully saturated rings. The smallest absolute Gasteiger partial charge is 0.119 e. The van der Waals surface area contributed by atoms with Crippen molar-refractivity contribution in [2.24, 2.45) is 0 Å². The van der Waals surface area contributed by atoms with E-state index in [1.54, 1.807) is 0 Å². The molecule has 0 spiro atoms. The van der Waals surface area contributed by atoms with E-state index >= 15 is 0 Å². The number of hydrogen-bond acceptors (Lipinski definition) is 3. The zero-order valence-corrected chi connectivity index (χ0v) is 9.76. The molecule has 0 aromatic heterocycles. The maximum Gasteiger partial charge on any atom is 0.119 e. The average Bonchev–Trinajstić information content (AvgIpc) is 2.33. The molecular formula is C13H19NO2. The minimum atomic E-state index is 0.508. The number of para-hydroxylation sites is 1. The molecule has 16 heavy (non-hydrogen) atoms. The Labute approximate surface area is 97.0 Å². The van der Waals surface area contributed by atoms with Crippen LogP contribution in [0.4, 0.5) is 0 Å². The van der Waals surface area contributed by atoms with E-state index in [-0.39, 0.29) is 0 Å². The van der Waals surface area contributed by atoms with Gasteiger partial charge in [0.2, 0.25) is 0 Å². The Morgan fingerprint density at radius 3 is 2.94 bits per heavy atom. The van der Waals surface area contributed by atoms with E-state index in [1.165, 1.54) is 0 Å². The van der Waals surface area contributed by atoms with Gasteiger partial charge in [0.1, 0.15) is 12.4 Å². The van der Waals surface area contributed by atoms with Gasteiger partial charge in [-0.25, -0.2) is 0 Å². The summed E-state index contributed by atoms with van der Waals surface area (Å²) in [7, 11) is 0. The molecule has 1 aliphatic rings. The van der Waals surface area contributed by atoms with Gasteiger partial charge in [-0.3, -0.25) is 4.90 Å². The minimum Gasteiger partial charge on any atom is -0.492 e. The molecule has 0 N–H and O–H groups in total. The van der Waals surface area contributed by atoms with Gasteiger partial charge in [-0.05, 0) is 19.1 Å². The summed E-state index contributed by atoms with van der Waals surface area (Å²) in [4.78, 5) is 2.41. The molecule has 1 unspecified atom stereocenters. The molecule has 1 saturated heterocycles. The largest absolute Gasteiger partial charge is 0.492 e. The van der Waals surface area contributed by atoms with Gasteiger partial charge in [0.15, 0.2) is 0 Å². The number of nitrogens with zero attached hydrogens (tertiary/aromatic N) is 1. The maximum absolute atomic E-state index is 5.67. The van der Waals surface area contributed by atoms with Crippen LogP contribution < -0.4 is 4.74 Å². The van der Waals surface area contributed by atoms with E-state index in [0.29, 0.717) is 6.04 Å². The third kappa shape index (κ3) is 3.22. The van der Waals surface area contributed by atoms with Crippen molar-refractivity contribution in [2.45, 2.75) is 13.0 Å². The molecule has 0 saturated carbocycles. The summed E-state index contributed by atoms with van der Waals surface area (Å²) in [6, 6.07) is 10.5. The van der Waals surface area contributed by atoms with Gasteiger partial charge in [0, 0.05) is 19.1 Å². The molecule has 1 atom stereocenters. The van der Waals surface area contributed by atoms with Gasteiger partial charge in [-0.1, -0.05) is 18.2 Å². The quantitative estimate of drug-likeness (QED) is 0.773. The Morgan fingerprint density at radius 1 is 1.38 bits per heavy atom. The standard InChI is InChI=1S/C13H19NO2/c1-12-11-15-9-7-14(12)8-10-16-13-5-3-2-4-6-13/h2-6,12H,7-11H2,1H3. The second-order valence-electron chi connectivity index (χ2n) is 4.12. The molecule has 3 heteroatoms. The van der Waals surface area contributed by atoms with Crippen LogP contribution in [0.1, 0.15) is 6.92 Å². The lowest BCUT2D eigenvalue weighted by atomic mass is 10.2. The van der Waals surface area contributed by atoms with Crippen LogP contribution in [0.3, 0.4) is 0 Å². The van der Waals surface area contributed by atoms with Gasteiger partial charge in [-0.15, -0.1) is 0 Å². The Balaban J connectivity index is 1.71. The number of benzene rings is 1. The van der Waals surface area contributed by atoms with E-state index < -0.39 is 0 Å². The van der Waals surface area contributed by atoms with Crippen LogP contribution in [-0.4, -0.2) is 43.9 Å². The van der Waals surface area contributed by atoms with Gasteiger partial charge in [-0.2, -0.15) is 0 Å². The van der Waals surface area contributed by atoms with Gasteiger partial charge >= 0.3 is 0 Å². The van der Waals surface area contributed by atoms with Crippen molar-refractivity contribution in [3.8, 4) is 5.75 Å². The predicted octanol–water partition coefficient (Wildman–Crippen LogP) is 1.79. The van der Waals surface area contributed by atoms with Crippen LogP contribution in [0.2, 0.25) is 0 Å². The highest BCUT2D eigenvalue weighted by atomic mass is 16.5. The number of ether oxygens (including phenoxy) is 2. The lowest BCUT2D eigenvalue weighted by molar-refractivity contribution is -0.00514. The highest BCUT2D eigenvalue weighted by molar-refractivity contribution is 5.20. The van der Waals surface area contributed by atoms with Gasteiger partial charge in [0.25, 0.3) is 0 Å². The van der Waals surface area contributed by atoms with Crippen molar-refractivity contribution >= 4 is 0 Å². The van der Waals surface area contributed by atoms with Crippen LogP contribution in [0.5, 0.6) is 5.75 Å². The third-order valence-electron chi connectivity index (χ3n) is 2.90. The highest BCUT2D eigenvalue weighted by Crippen LogP contribution is 2.09. The molecule has 1 aromatic carbocycles. The Bertz CT molecular complexity index is 302. The Morgan fingerprint density at radius 2 is 2.19 bits per heavy atom. The van der Waals surface area contributed by atoms with Gasteiger partial charge in [0.05, 0.1) is 13.2 Å². The zero-order valence-electron chi connectivity index (χ0n) is 9.76. The van der Waals surface area contributed by atoms with Crippen molar-refractivity contribution in [1.29, 1.82) is 0 Å². The Kier molecular flexibility index (Phi) is 4.19. The van der Waals surface area contributed by atoms with Crippen LogP contribution >= 0.6 is 0 Å². The van der Waals surface area contributed by atoms with E-state index in [2.05, 4.69) is 11.8 Å². The van der Waals surface area contributed by atoms with E-state index in [9.17, 15) is 0 Å². The molecule has 0 radical (unpaired) electrons. The molecule has 0 aliphatic carbocycles. The summed E-state index contributed by atoms with van der Waals surface area (Å²) < 4.78 is 11.1. The fraction of sp³-hybridized carbons (Fsp3) is 0.538. The van der Waals surface area contributed by atoms with Crippen molar-refractivity contribution in [2.75, 3.05) is 32.9 Å². The summed E-state index contributed by atoms with van der Waals surface area (Å²) in [6.45, 7) is 6.61. The molecule has 0 amide bonds. The highest BCUT2D eigenvalue weighted by Gasteiger charge is 2.17. The van der Waals surface area contributed by atoms with E-state index in [4.69, 9.17) is 9.47 Å². The summed E-state index contributed by atoms with van der Waals surface area (Å²) in [5, 5.41) is 0. The molecule has 88 valence electrons. The minimum absolute atomic E-state index is 0.508. The topological polar surface area (TPSA) is 21.7 Å². The zero-order chi connectivity index (χ0) is 11.2. The van der Waals surface area contributed by atoms with Gasteiger partial charge < -0.3 is 9.47 Å². The lowest BCUT2D eigenvalue weighted by Crippen LogP contribution is -2.45. The third-order valence-corrected chi connectivity index (χ3v) is 2.90. The first-order valence-corrected chi connectivity index (χ1v) is 5.86. The summed E-state index contributed by atoms with van der Waals surface area (Å²) in [5.41, 5.74) is 0. The molecule has 1 aliphatic heterocycles. The normalized spacial score (nSPS) is 21.9. The summed E-state index contributed by atoms with van der Waals surface area (Å²) >= 11 is 0. The second-order valence-corrected chi connectivity index (χ2v) is 4.12. The molecule has 0 bridgehead atoms. The maximum atomic E-state index is 5.67.